The molecular formula is C28H29ClN2O3. The van der Waals surface area contributed by atoms with Gasteiger partial charge in [0.1, 0.15) is 16.3 Å². The van der Waals surface area contributed by atoms with Crippen LogP contribution in [0.1, 0.15) is 44.5 Å². The number of hydrogen-bond acceptors (Lipinski definition) is 4. The molecule has 0 radical (unpaired) electrons. The second-order valence-electron chi connectivity index (χ2n) is 8.47. The van der Waals surface area contributed by atoms with Gasteiger partial charge in [0.25, 0.3) is 0 Å². The molecule has 0 spiro atoms. The number of carboxylic acid groups (broad SMARTS) is 1. The molecule has 0 bridgehead atoms. The van der Waals surface area contributed by atoms with E-state index in [2.05, 4.69) is 29.8 Å². The van der Waals surface area contributed by atoms with Crippen molar-refractivity contribution in [3.63, 3.8) is 0 Å². The number of rotatable bonds is 7. The summed E-state index contributed by atoms with van der Waals surface area (Å²) in [6.07, 6.45) is 0.686. The lowest BCUT2D eigenvalue weighted by Crippen LogP contribution is -2.21. The van der Waals surface area contributed by atoms with Crippen LogP contribution in [0.25, 0.3) is 33.4 Å². The lowest BCUT2D eigenvalue weighted by atomic mass is 9.90. The summed E-state index contributed by atoms with van der Waals surface area (Å²) in [5, 5.41) is 11.5. The molecule has 5 nitrogen and oxygen atoms in total. The molecular weight excluding hydrogens is 448 g/mol. The Kier molecular flexibility index (Phi) is 6.67. The molecule has 2 aliphatic rings. The summed E-state index contributed by atoms with van der Waals surface area (Å²) >= 11 is 6.50. The summed E-state index contributed by atoms with van der Waals surface area (Å²) in [5.41, 5.74) is 4.29. The van der Waals surface area contributed by atoms with Crippen LogP contribution in [-0.2, 0) is 0 Å². The van der Waals surface area contributed by atoms with E-state index in [1.807, 2.05) is 56.3 Å². The Hall–Kier alpha value is -3.31. The third kappa shape index (κ3) is 4.53. The summed E-state index contributed by atoms with van der Waals surface area (Å²) in [4.78, 5) is 18.3. The molecule has 1 heterocycles. The first-order valence-corrected chi connectivity index (χ1v) is 12.0. The van der Waals surface area contributed by atoms with Crippen molar-refractivity contribution in [1.29, 1.82) is 0 Å². The number of nitrogens with zero attached hydrogens (tertiary/aromatic N) is 2. The molecule has 1 atom stereocenters. The van der Waals surface area contributed by atoms with Crippen molar-refractivity contribution in [3.05, 3.63) is 71.6 Å². The standard InChI is InChI=1S/C28H29ClN2O3/c1-5-28(4,29)30-18-12-14-22-24(16-18)34-25-17-19(31(6-2)7-3)13-15-23(25)26(22)20-10-8-9-11-21(20)27(32)33/h8-17H,5-7H2,1-4H3,(H,32,33)/b30-18-. The summed E-state index contributed by atoms with van der Waals surface area (Å²) in [5.74, 6) is -0.339. The fraction of sp³-hybridized carbons (Fsp3) is 0.286. The van der Waals surface area contributed by atoms with Gasteiger partial charge in [-0.3, -0.25) is 4.99 Å². The molecule has 0 fully saturated rings. The third-order valence-corrected chi connectivity index (χ3v) is 6.60. The molecule has 1 aliphatic heterocycles. The summed E-state index contributed by atoms with van der Waals surface area (Å²) in [6, 6.07) is 18.9. The topological polar surface area (TPSA) is 66.0 Å². The average Bonchev–Trinajstić information content (AvgIpc) is 2.83. The van der Waals surface area contributed by atoms with Crippen LogP contribution in [0.4, 0.5) is 5.69 Å². The third-order valence-electron chi connectivity index (χ3n) is 6.25. The number of carbonyl (C=O) groups is 1. The quantitative estimate of drug-likeness (QED) is 0.177. The van der Waals surface area contributed by atoms with Crippen molar-refractivity contribution in [3.8, 4) is 22.5 Å². The molecule has 1 unspecified atom stereocenters. The fourth-order valence-electron chi connectivity index (χ4n) is 4.25. The second-order valence-corrected chi connectivity index (χ2v) is 9.28. The van der Waals surface area contributed by atoms with Crippen molar-refractivity contribution in [2.45, 2.75) is 39.1 Å². The molecule has 1 aliphatic carbocycles. The van der Waals surface area contributed by atoms with E-state index < -0.39 is 11.0 Å². The van der Waals surface area contributed by atoms with Gasteiger partial charge in [0.05, 0.1) is 10.9 Å². The predicted octanol–water partition coefficient (Wildman–Crippen LogP) is 7.01. The van der Waals surface area contributed by atoms with Crippen LogP contribution in [-0.4, -0.2) is 29.2 Å². The number of benzene rings is 3. The number of halogens is 1. The molecule has 0 saturated heterocycles. The fourth-order valence-corrected chi connectivity index (χ4v) is 4.35. The van der Waals surface area contributed by atoms with E-state index in [0.717, 1.165) is 35.3 Å². The van der Waals surface area contributed by atoms with E-state index in [4.69, 9.17) is 16.0 Å². The van der Waals surface area contributed by atoms with Gasteiger partial charge in [-0.15, -0.1) is 0 Å². The minimum atomic E-state index is -0.968. The smallest absolute Gasteiger partial charge is 0.336 e. The Morgan fingerprint density at radius 3 is 2.44 bits per heavy atom. The van der Waals surface area contributed by atoms with Crippen molar-refractivity contribution in [2.75, 3.05) is 18.0 Å². The van der Waals surface area contributed by atoms with Crippen LogP contribution in [0.2, 0.25) is 0 Å². The van der Waals surface area contributed by atoms with E-state index >= 15 is 0 Å². The average molecular weight is 477 g/mol. The normalized spacial score (nSPS) is 13.9. The van der Waals surface area contributed by atoms with Crippen molar-refractivity contribution in [2.24, 2.45) is 4.99 Å². The first-order chi connectivity index (χ1) is 16.3. The van der Waals surface area contributed by atoms with Gasteiger partial charge in [0.15, 0.2) is 0 Å². The molecule has 2 aromatic carbocycles. The minimum absolute atomic E-state index is 0.247. The van der Waals surface area contributed by atoms with Crippen molar-refractivity contribution >= 4 is 34.2 Å². The van der Waals surface area contributed by atoms with Gasteiger partial charge in [-0.1, -0.05) is 36.7 Å². The predicted molar refractivity (Wildman–Crippen MR) is 139 cm³/mol. The number of fused-ring (bicyclic) bond motifs is 2. The van der Waals surface area contributed by atoms with Crippen molar-refractivity contribution in [1.82, 2.24) is 0 Å². The van der Waals surface area contributed by atoms with Crippen LogP contribution in [0.3, 0.4) is 0 Å². The van der Waals surface area contributed by atoms with Crippen molar-refractivity contribution < 1.29 is 14.3 Å². The van der Waals surface area contributed by atoms with Gasteiger partial charge in [0.2, 0.25) is 0 Å². The van der Waals surface area contributed by atoms with Crippen LogP contribution in [0, 0.1) is 0 Å². The highest BCUT2D eigenvalue weighted by molar-refractivity contribution is 6.23. The second kappa shape index (κ2) is 9.51. The Morgan fingerprint density at radius 1 is 1.03 bits per heavy atom. The van der Waals surface area contributed by atoms with Crippen LogP contribution >= 0.6 is 11.6 Å². The maximum atomic E-state index is 12.1. The van der Waals surface area contributed by atoms with Crippen LogP contribution < -0.4 is 10.3 Å². The van der Waals surface area contributed by atoms with E-state index in [-0.39, 0.29) is 5.56 Å². The molecule has 176 valence electrons. The zero-order valence-corrected chi connectivity index (χ0v) is 20.7. The highest BCUT2D eigenvalue weighted by Crippen LogP contribution is 2.42. The van der Waals surface area contributed by atoms with Gasteiger partial charge in [-0.2, -0.15) is 0 Å². The van der Waals surface area contributed by atoms with Gasteiger partial charge in [-0.25, -0.2) is 4.79 Å². The number of aromatic carboxylic acids is 1. The maximum absolute atomic E-state index is 12.1. The summed E-state index contributed by atoms with van der Waals surface area (Å²) in [7, 11) is 0. The Morgan fingerprint density at radius 2 is 1.76 bits per heavy atom. The molecule has 6 heteroatoms. The maximum Gasteiger partial charge on any atom is 0.336 e. The lowest BCUT2D eigenvalue weighted by Gasteiger charge is -2.22. The molecule has 0 amide bonds. The Bertz CT molecular complexity index is 1390. The molecule has 1 N–H and O–H groups in total. The van der Waals surface area contributed by atoms with Crippen LogP contribution in [0.15, 0.2) is 70.1 Å². The van der Waals surface area contributed by atoms with Gasteiger partial charge in [0, 0.05) is 47.4 Å². The Labute approximate surface area is 204 Å². The van der Waals surface area contributed by atoms with E-state index in [1.165, 1.54) is 0 Å². The zero-order chi connectivity index (χ0) is 24.5. The molecule has 0 aromatic heterocycles. The number of hydrogen-bond donors (Lipinski definition) is 1. The number of alkyl halides is 1. The first-order valence-electron chi connectivity index (χ1n) is 11.6. The van der Waals surface area contributed by atoms with E-state index in [9.17, 15) is 9.90 Å². The van der Waals surface area contributed by atoms with Gasteiger partial charge < -0.3 is 14.4 Å². The highest BCUT2D eigenvalue weighted by Gasteiger charge is 2.22. The van der Waals surface area contributed by atoms with Gasteiger partial charge in [-0.05, 0) is 63.1 Å². The number of anilines is 1. The molecule has 4 rings (SSSR count). The van der Waals surface area contributed by atoms with E-state index in [1.54, 1.807) is 12.1 Å². The SMILES string of the molecule is CCN(CC)c1ccc2c(-c3ccccc3C(=O)O)c3cc/c(=N/C(C)(Cl)CC)cc-3oc2c1. The largest absolute Gasteiger partial charge is 0.478 e. The zero-order valence-electron chi connectivity index (χ0n) is 19.9. The minimum Gasteiger partial charge on any atom is -0.478 e. The Balaban J connectivity index is 2.10. The molecule has 34 heavy (non-hydrogen) atoms. The summed E-state index contributed by atoms with van der Waals surface area (Å²) < 4.78 is 6.40. The van der Waals surface area contributed by atoms with Crippen LogP contribution in [0.5, 0.6) is 0 Å². The number of carboxylic acids is 1. The van der Waals surface area contributed by atoms with E-state index in [0.29, 0.717) is 28.7 Å². The summed E-state index contributed by atoms with van der Waals surface area (Å²) in [6.45, 7) is 9.85. The van der Waals surface area contributed by atoms with Gasteiger partial charge >= 0.3 is 5.97 Å². The first kappa shape index (κ1) is 23.8. The highest BCUT2D eigenvalue weighted by atomic mass is 35.5. The monoisotopic (exact) mass is 476 g/mol. The lowest BCUT2D eigenvalue weighted by molar-refractivity contribution is 0.0697. The molecule has 2 aromatic rings. The molecule has 0 saturated carbocycles.